The zero-order valence-corrected chi connectivity index (χ0v) is 10.4. The normalized spacial score (nSPS) is 11.2. The van der Waals surface area contributed by atoms with Crippen molar-refractivity contribution in [3.8, 4) is 0 Å². The standard InChI is InChI=1S/C14H14N2S/c1-10-8-13(17-9-10)14(11-4-2-6-15-11)12-5-3-7-16-12/h2-9,14-16H,1H3. The summed E-state index contributed by atoms with van der Waals surface area (Å²) in [5.74, 6) is 0.290. The van der Waals surface area contributed by atoms with E-state index < -0.39 is 0 Å². The van der Waals surface area contributed by atoms with Crippen LogP contribution in [0.4, 0.5) is 0 Å². The molecule has 0 amide bonds. The van der Waals surface area contributed by atoms with Gasteiger partial charge in [-0.15, -0.1) is 11.3 Å². The fraction of sp³-hybridized carbons (Fsp3) is 0.143. The van der Waals surface area contributed by atoms with Crippen molar-refractivity contribution in [2.45, 2.75) is 12.8 Å². The zero-order valence-electron chi connectivity index (χ0n) is 9.60. The van der Waals surface area contributed by atoms with E-state index >= 15 is 0 Å². The largest absolute Gasteiger partial charge is 0.364 e. The van der Waals surface area contributed by atoms with Crippen LogP contribution in [0.25, 0.3) is 0 Å². The fourth-order valence-electron chi connectivity index (χ4n) is 2.13. The summed E-state index contributed by atoms with van der Waals surface area (Å²) in [6, 6.07) is 10.6. The predicted octanol–water partition coefficient (Wildman–Crippen LogP) is 3.89. The summed E-state index contributed by atoms with van der Waals surface area (Å²) in [4.78, 5) is 8.01. The minimum atomic E-state index is 0.290. The number of H-pyrrole nitrogens is 2. The van der Waals surface area contributed by atoms with E-state index in [1.807, 2.05) is 35.9 Å². The van der Waals surface area contributed by atoms with Crippen LogP contribution >= 0.6 is 11.3 Å². The summed E-state index contributed by atoms with van der Waals surface area (Å²) in [6.45, 7) is 2.14. The second kappa shape index (κ2) is 4.26. The van der Waals surface area contributed by atoms with Gasteiger partial charge in [0.25, 0.3) is 0 Å². The molecule has 0 spiro atoms. The molecule has 0 aromatic carbocycles. The summed E-state index contributed by atoms with van der Waals surface area (Å²) in [6.07, 6.45) is 3.96. The zero-order chi connectivity index (χ0) is 11.7. The molecule has 0 aliphatic heterocycles. The van der Waals surface area contributed by atoms with Gasteiger partial charge < -0.3 is 9.97 Å². The number of nitrogens with one attached hydrogen (secondary N) is 2. The molecule has 0 saturated heterocycles. The molecule has 3 heteroatoms. The van der Waals surface area contributed by atoms with Crippen molar-refractivity contribution in [1.82, 2.24) is 9.97 Å². The van der Waals surface area contributed by atoms with Gasteiger partial charge in [0.05, 0.1) is 5.92 Å². The maximum atomic E-state index is 3.32. The first-order valence-corrected chi connectivity index (χ1v) is 6.54. The molecule has 0 unspecified atom stereocenters. The van der Waals surface area contributed by atoms with Crippen LogP contribution in [0.15, 0.2) is 48.1 Å². The molecule has 0 aliphatic carbocycles. The minimum absolute atomic E-state index is 0.290. The van der Waals surface area contributed by atoms with Gasteiger partial charge in [-0.05, 0) is 48.2 Å². The van der Waals surface area contributed by atoms with Crippen molar-refractivity contribution in [2.75, 3.05) is 0 Å². The number of rotatable bonds is 3. The molecular weight excluding hydrogens is 228 g/mol. The highest BCUT2D eigenvalue weighted by Crippen LogP contribution is 2.33. The van der Waals surface area contributed by atoms with Gasteiger partial charge in [-0.3, -0.25) is 0 Å². The van der Waals surface area contributed by atoms with E-state index in [9.17, 15) is 0 Å². The second-order valence-corrected chi connectivity index (χ2v) is 5.15. The monoisotopic (exact) mass is 242 g/mol. The first kappa shape index (κ1) is 10.4. The summed E-state index contributed by atoms with van der Waals surface area (Å²) >= 11 is 1.81. The van der Waals surface area contributed by atoms with Gasteiger partial charge in [0.15, 0.2) is 0 Å². The molecule has 0 radical (unpaired) electrons. The van der Waals surface area contributed by atoms with Crippen LogP contribution in [0.5, 0.6) is 0 Å². The highest BCUT2D eigenvalue weighted by atomic mass is 32.1. The van der Waals surface area contributed by atoms with E-state index in [4.69, 9.17) is 0 Å². The fourth-order valence-corrected chi connectivity index (χ4v) is 3.16. The van der Waals surface area contributed by atoms with Gasteiger partial charge in [-0.25, -0.2) is 0 Å². The SMILES string of the molecule is Cc1csc(C(c2ccc[nH]2)c2ccc[nH]2)c1. The third kappa shape index (κ3) is 1.94. The third-order valence-corrected chi connectivity index (χ3v) is 4.02. The quantitative estimate of drug-likeness (QED) is 0.698. The molecular formula is C14H14N2S. The van der Waals surface area contributed by atoms with Crippen LogP contribution in [0, 0.1) is 6.92 Å². The predicted molar refractivity (Wildman–Crippen MR) is 71.6 cm³/mol. The van der Waals surface area contributed by atoms with E-state index in [0.717, 1.165) is 0 Å². The van der Waals surface area contributed by atoms with Crippen molar-refractivity contribution in [3.63, 3.8) is 0 Å². The van der Waals surface area contributed by atoms with E-state index in [1.54, 1.807) is 0 Å². The molecule has 3 heterocycles. The summed E-state index contributed by atoms with van der Waals surface area (Å²) in [7, 11) is 0. The van der Waals surface area contributed by atoms with E-state index in [2.05, 4.69) is 40.5 Å². The Balaban J connectivity index is 2.09. The van der Waals surface area contributed by atoms with Gasteiger partial charge in [-0.1, -0.05) is 0 Å². The molecule has 0 aliphatic rings. The lowest BCUT2D eigenvalue weighted by Gasteiger charge is -2.12. The number of aromatic nitrogens is 2. The Hall–Kier alpha value is -1.74. The Bertz CT molecular complexity index is 541. The molecule has 2 nitrogen and oxygen atoms in total. The van der Waals surface area contributed by atoms with Crippen molar-refractivity contribution >= 4 is 11.3 Å². The molecule has 0 fully saturated rings. The van der Waals surface area contributed by atoms with Crippen LogP contribution in [0.2, 0.25) is 0 Å². The lowest BCUT2D eigenvalue weighted by molar-refractivity contribution is 0.916. The van der Waals surface area contributed by atoms with Crippen molar-refractivity contribution in [2.24, 2.45) is 0 Å². The number of aromatic amines is 2. The Morgan fingerprint density at radius 2 is 1.71 bits per heavy atom. The number of hydrogen-bond donors (Lipinski definition) is 2. The Morgan fingerprint density at radius 1 is 1.06 bits per heavy atom. The van der Waals surface area contributed by atoms with Crippen LogP contribution < -0.4 is 0 Å². The Labute approximate surface area is 104 Å². The van der Waals surface area contributed by atoms with E-state index in [-0.39, 0.29) is 0 Å². The molecule has 86 valence electrons. The van der Waals surface area contributed by atoms with Gasteiger partial charge in [-0.2, -0.15) is 0 Å². The van der Waals surface area contributed by atoms with Crippen LogP contribution in [0.3, 0.4) is 0 Å². The van der Waals surface area contributed by atoms with Gasteiger partial charge in [0.1, 0.15) is 0 Å². The highest BCUT2D eigenvalue weighted by molar-refractivity contribution is 7.10. The Morgan fingerprint density at radius 3 is 2.12 bits per heavy atom. The number of hydrogen-bond acceptors (Lipinski definition) is 1. The average Bonchev–Trinajstić information content (AvgIpc) is 3.02. The summed E-state index contributed by atoms with van der Waals surface area (Å²) in [5, 5.41) is 2.20. The molecule has 2 N–H and O–H groups in total. The number of thiophene rings is 1. The number of aryl methyl sites for hydroxylation is 1. The van der Waals surface area contributed by atoms with E-state index in [0.29, 0.717) is 5.92 Å². The molecule has 0 saturated carbocycles. The third-order valence-electron chi connectivity index (χ3n) is 2.90. The highest BCUT2D eigenvalue weighted by Gasteiger charge is 2.19. The van der Waals surface area contributed by atoms with Gasteiger partial charge >= 0.3 is 0 Å². The lowest BCUT2D eigenvalue weighted by Crippen LogP contribution is -2.01. The van der Waals surface area contributed by atoms with Crippen LogP contribution in [0.1, 0.15) is 27.7 Å². The molecule has 0 bridgehead atoms. The summed E-state index contributed by atoms with van der Waals surface area (Å²) < 4.78 is 0. The minimum Gasteiger partial charge on any atom is -0.364 e. The maximum absolute atomic E-state index is 3.32. The molecule has 3 aromatic rings. The smallest absolute Gasteiger partial charge is 0.0734 e. The first-order chi connectivity index (χ1) is 8.34. The van der Waals surface area contributed by atoms with Crippen molar-refractivity contribution < 1.29 is 0 Å². The van der Waals surface area contributed by atoms with Crippen molar-refractivity contribution in [1.29, 1.82) is 0 Å². The van der Waals surface area contributed by atoms with Crippen LogP contribution in [-0.4, -0.2) is 9.97 Å². The summed E-state index contributed by atoms with van der Waals surface area (Å²) in [5.41, 5.74) is 3.79. The van der Waals surface area contributed by atoms with Gasteiger partial charge in [0.2, 0.25) is 0 Å². The van der Waals surface area contributed by atoms with E-state index in [1.165, 1.54) is 21.8 Å². The van der Waals surface area contributed by atoms with Crippen molar-refractivity contribution in [3.05, 3.63) is 69.9 Å². The van der Waals surface area contributed by atoms with Crippen LogP contribution in [-0.2, 0) is 0 Å². The molecule has 3 aromatic heterocycles. The molecule has 0 atom stereocenters. The average molecular weight is 242 g/mol. The topological polar surface area (TPSA) is 31.6 Å². The second-order valence-electron chi connectivity index (χ2n) is 4.21. The maximum Gasteiger partial charge on any atom is 0.0734 e. The Kier molecular flexibility index (Phi) is 2.61. The molecule has 3 rings (SSSR count). The first-order valence-electron chi connectivity index (χ1n) is 5.66. The lowest BCUT2D eigenvalue weighted by atomic mass is 9.99. The molecule has 17 heavy (non-hydrogen) atoms. The van der Waals surface area contributed by atoms with Gasteiger partial charge in [0, 0.05) is 28.7 Å².